The van der Waals surface area contributed by atoms with E-state index in [2.05, 4.69) is 10.3 Å². The molecule has 1 saturated heterocycles. The minimum atomic E-state index is -3.97. The molecule has 1 aliphatic carbocycles. The minimum Gasteiger partial charge on any atom is -0.302 e. The van der Waals surface area contributed by atoms with Gasteiger partial charge in [0, 0.05) is 25.1 Å². The van der Waals surface area contributed by atoms with Crippen molar-refractivity contribution >= 4 is 49.7 Å². The van der Waals surface area contributed by atoms with Crippen LogP contribution in [0.2, 0.25) is 0 Å². The number of benzene rings is 1. The Kier molecular flexibility index (Phi) is 6.08. The van der Waals surface area contributed by atoms with Gasteiger partial charge in [0.1, 0.15) is 4.21 Å². The molecule has 2 unspecified atom stereocenters. The zero-order valence-corrected chi connectivity index (χ0v) is 18.7. The fraction of sp³-hybridized carbons (Fsp3) is 0.300. The Labute approximate surface area is 192 Å². The van der Waals surface area contributed by atoms with Gasteiger partial charge in [-0.25, -0.2) is 13.4 Å². The van der Waals surface area contributed by atoms with Crippen molar-refractivity contribution in [3.05, 3.63) is 52.7 Å². The Hall–Kier alpha value is -3.45. The number of nitrogens with one attached hydrogen (secondary N) is 1. The first kappa shape index (κ1) is 22.7. The second-order valence-corrected chi connectivity index (χ2v) is 10.7. The number of sulfone groups is 1. The Morgan fingerprint density at radius 2 is 1.76 bits per heavy atom. The van der Waals surface area contributed by atoms with E-state index >= 15 is 0 Å². The summed E-state index contributed by atoms with van der Waals surface area (Å²) in [6.07, 6.45) is 5.74. The summed E-state index contributed by atoms with van der Waals surface area (Å²) in [7, 11) is -3.97. The largest absolute Gasteiger partial charge is 0.302 e. The lowest BCUT2D eigenvalue weighted by Gasteiger charge is -2.14. The number of fused-ring (bicyclic) bond motifs is 1. The maximum absolute atomic E-state index is 12.7. The van der Waals surface area contributed by atoms with Crippen LogP contribution in [0.15, 0.2) is 51.7 Å². The van der Waals surface area contributed by atoms with Crippen molar-refractivity contribution in [1.82, 2.24) is 9.88 Å². The van der Waals surface area contributed by atoms with E-state index in [-0.39, 0.29) is 56.5 Å². The highest BCUT2D eigenvalue weighted by Gasteiger charge is 2.46. The number of aromatic nitrogens is 1. The van der Waals surface area contributed by atoms with Crippen LogP contribution >= 0.6 is 11.3 Å². The summed E-state index contributed by atoms with van der Waals surface area (Å²) in [6, 6.07) is 4.43. The smallest absolute Gasteiger partial charge is 0.269 e. The van der Waals surface area contributed by atoms with Crippen LogP contribution in [0.5, 0.6) is 0 Å². The lowest BCUT2D eigenvalue weighted by molar-refractivity contribution is -0.384. The molecule has 11 nitrogen and oxygen atoms in total. The number of nitro benzene ring substituents is 1. The van der Waals surface area contributed by atoms with Gasteiger partial charge >= 0.3 is 0 Å². The van der Waals surface area contributed by atoms with E-state index in [9.17, 15) is 32.9 Å². The molecule has 3 amide bonds. The average molecular weight is 491 g/mol. The monoisotopic (exact) mass is 490 g/mol. The highest BCUT2D eigenvalue weighted by molar-refractivity contribution is 7.93. The quantitative estimate of drug-likeness (QED) is 0.268. The number of hydrogen-bond acceptors (Lipinski definition) is 9. The Morgan fingerprint density at radius 1 is 1.15 bits per heavy atom. The van der Waals surface area contributed by atoms with E-state index in [0.29, 0.717) is 12.8 Å². The minimum absolute atomic E-state index is 0.0393. The van der Waals surface area contributed by atoms with Crippen molar-refractivity contribution in [2.75, 3.05) is 11.9 Å². The molecule has 1 aliphatic heterocycles. The lowest BCUT2D eigenvalue weighted by atomic mass is 9.85. The number of carbonyl (C=O) groups excluding carboxylic acids is 3. The number of likely N-dealkylation sites (tertiary alicyclic amines) is 1. The molecule has 1 fully saturated rings. The standard InChI is InChI=1S/C20H18N4O7S2/c25-16(9-10-23-18(26)14-3-1-2-4-15(14)19(23)27)22-20-21-11-17(32-20)33(30,31)13-7-5-12(6-8-13)24(28)29/h1-2,5-8,11,14-15H,3-4,9-10H2,(H,21,22,25). The maximum atomic E-state index is 12.7. The molecule has 13 heteroatoms. The number of rotatable bonds is 7. The van der Waals surface area contributed by atoms with Gasteiger partial charge in [-0.15, -0.1) is 0 Å². The molecule has 2 aliphatic rings. The SMILES string of the molecule is O=C(CCN1C(=O)C2CC=CCC2C1=O)Nc1ncc(S(=O)(=O)c2ccc([N+](=O)[O-])cc2)s1. The molecule has 2 heterocycles. The third-order valence-corrected chi connectivity index (χ3v) is 8.66. The number of thiazole rings is 1. The van der Waals surface area contributed by atoms with E-state index in [1.165, 1.54) is 0 Å². The van der Waals surface area contributed by atoms with Crippen molar-refractivity contribution in [2.45, 2.75) is 28.4 Å². The lowest BCUT2D eigenvalue weighted by Crippen LogP contribution is -2.34. The van der Waals surface area contributed by atoms with E-state index in [0.717, 1.165) is 46.7 Å². The van der Waals surface area contributed by atoms with E-state index in [1.807, 2.05) is 12.2 Å². The van der Waals surface area contributed by atoms with E-state index in [4.69, 9.17) is 0 Å². The maximum Gasteiger partial charge on any atom is 0.269 e. The van der Waals surface area contributed by atoms with Gasteiger partial charge in [-0.05, 0) is 25.0 Å². The summed E-state index contributed by atoms with van der Waals surface area (Å²) in [6.45, 7) is -0.0597. The molecule has 33 heavy (non-hydrogen) atoms. The fourth-order valence-electron chi connectivity index (χ4n) is 3.79. The topological polar surface area (TPSA) is 157 Å². The summed E-state index contributed by atoms with van der Waals surface area (Å²) < 4.78 is 25.3. The Bertz CT molecular complexity index is 1240. The zero-order valence-electron chi connectivity index (χ0n) is 17.0. The number of non-ortho nitro benzene ring substituents is 1. The second kappa shape index (κ2) is 8.83. The molecule has 0 spiro atoms. The molecule has 1 N–H and O–H groups in total. The summed E-state index contributed by atoms with van der Waals surface area (Å²) in [4.78, 5) is 52.2. The van der Waals surface area contributed by atoms with Crippen LogP contribution in [-0.4, -0.2) is 47.5 Å². The predicted octanol–water partition coefficient (Wildman–Crippen LogP) is 2.16. The van der Waals surface area contributed by atoms with Crippen LogP contribution in [0, 0.1) is 22.0 Å². The van der Waals surface area contributed by atoms with Crippen molar-refractivity contribution in [1.29, 1.82) is 0 Å². The first-order valence-corrected chi connectivity index (χ1v) is 12.2. The van der Waals surface area contributed by atoms with Crippen molar-refractivity contribution in [3.63, 3.8) is 0 Å². The Morgan fingerprint density at radius 3 is 2.33 bits per heavy atom. The molecule has 172 valence electrons. The Balaban J connectivity index is 1.37. The van der Waals surface area contributed by atoms with Crippen LogP contribution in [-0.2, 0) is 24.2 Å². The van der Waals surface area contributed by atoms with Crippen LogP contribution in [0.4, 0.5) is 10.8 Å². The van der Waals surface area contributed by atoms with Crippen molar-refractivity contribution in [3.8, 4) is 0 Å². The number of allylic oxidation sites excluding steroid dienone is 2. The second-order valence-electron chi connectivity index (χ2n) is 7.52. The molecule has 1 aromatic heterocycles. The van der Waals surface area contributed by atoms with Gasteiger partial charge in [-0.3, -0.25) is 29.4 Å². The fourth-order valence-corrected chi connectivity index (χ4v) is 6.24. The van der Waals surface area contributed by atoms with E-state index < -0.39 is 20.7 Å². The predicted molar refractivity (Wildman–Crippen MR) is 116 cm³/mol. The van der Waals surface area contributed by atoms with Gasteiger partial charge in [0.25, 0.3) is 5.69 Å². The van der Waals surface area contributed by atoms with Crippen molar-refractivity contribution in [2.24, 2.45) is 11.8 Å². The molecule has 0 radical (unpaired) electrons. The molecular formula is C20H18N4O7S2. The number of amides is 3. The summed E-state index contributed by atoms with van der Waals surface area (Å²) in [5.74, 6) is -1.79. The summed E-state index contributed by atoms with van der Waals surface area (Å²) in [5, 5.41) is 13.3. The molecule has 2 atom stereocenters. The number of anilines is 1. The van der Waals surface area contributed by atoms with Crippen LogP contribution in [0.25, 0.3) is 0 Å². The van der Waals surface area contributed by atoms with Gasteiger partial charge in [-0.1, -0.05) is 23.5 Å². The van der Waals surface area contributed by atoms with Gasteiger partial charge in [0.15, 0.2) is 5.13 Å². The number of nitrogens with zero attached hydrogens (tertiary/aromatic N) is 3. The summed E-state index contributed by atoms with van der Waals surface area (Å²) in [5.41, 5.74) is -0.239. The summed E-state index contributed by atoms with van der Waals surface area (Å²) >= 11 is 0.728. The van der Waals surface area contributed by atoms with Crippen LogP contribution < -0.4 is 5.32 Å². The highest BCUT2D eigenvalue weighted by Crippen LogP contribution is 2.35. The molecule has 4 rings (SSSR count). The highest BCUT2D eigenvalue weighted by atomic mass is 32.2. The van der Waals surface area contributed by atoms with Gasteiger partial charge in [0.2, 0.25) is 27.6 Å². The van der Waals surface area contributed by atoms with Crippen LogP contribution in [0.3, 0.4) is 0 Å². The first-order valence-electron chi connectivity index (χ1n) is 9.94. The molecule has 1 aromatic carbocycles. The third-order valence-electron chi connectivity index (χ3n) is 5.51. The number of carbonyl (C=O) groups is 3. The van der Waals surface area contributed by atoms with E-state index in [1.54, 1.807) is 0 Å². The third kappa shape index (κ3) is 4.41. The molecule has 0 saturated carbocycles. The average Bonchev–Trinajstić information content (AvgIpc) is 3.36. The number of hydrogen-bond donors (Lipinski definition) is 1. The normalized spacial score (nSPS) is 20.1. The zero-order chi connectivity index (χ0) is 23.8. The van der Waals surface area contributed by atoms with Crippen LogP contribution in [0.1, 0.15) is 19.3 Å². The van der Waals surface area contributed by atoms with Gasteiger partial charge in [-0.2, -0.15) is 0 Å². The van der Waals surface area contributed by atoms with Crippen molar-refractivity contribution < 1.29 is 27.7 Å². The number of imide groups is 1. The first-order chi connectivity index (χ1) is 15.7. The van der Waals surface area contributed by atoms with Gasteiger partial charge in [0.05, 0.1) is 27.9 Å². The molecule has 0 bridgehead atoms. The van der Waals surface area contributed by atoms with Gasteiger partial charge < -0.3 is 5.32 Å². The molecule has 2 aromatic rings. The molecular weight excluding hydrogens is 472 g/mol. The number of nitro groups is 1.